The molecule has 0 radical (unpaired) electrons. The van der Waals surface area contributed by atoms with Gasteiger partial charge in [-0.25, -0.2) is 0 Å². The molecule has 0 aliphatic carbocycles. The molecule has 2 aromatic carbocycles. The van der Waals surface area contributed by atoms with Gasteiger partial charge in [-0.3, -0.25) is 4.79 Å². The molecular formula is C18H18N2O2. The smallest absolute Gasteiger partial charge is 0.265 e. The Morgan fingerprint density at radius 3 is 2.36 bits per heavy atom. The van der Waals surface area contributed by atoms with E-state index in [2.05, 4.69) is 5.32 Å². The maximum Gasteiger partial charge on any atom is 0.265 e. The minimum atomic E-state index is -0.557. The number of ether oxygens (including phenoxy) is 1. The van der Waals surface area contributed by atoms with Gasteiger partial charge in [-0.05, 0) is 49.7 Å². The summed E-state index contributed by atoms with van der Waals surface area (Å²) in [5.74, 6) is 0.472. The highest BCUT2D eigenvalue weighted by atomic mass is 16.5. The van der Waals surface area contributed by atoms with Crippen molar-refractivity contribution in [3.05, 3.63) is 59.7 Å². The van der Waals surface area contributed by atoms with Crippen LogP contribution in [0, 0.1) is 18.3 Å². The van der Waals surface area contributed by atoms with E-state index in [1.165, 1.54) is 0 Å². The minimum absolute atomic E-state index is 0.201. The van der Waals surface area contributed by atoms with Crippen LogP contribution in [0.15, 0.2) is 48.5 Å². The van der Waals surface area contributed by atoms with Crippen LogP contribution in [0.1, 0.15) is 24.5 Å². The number of nitrogens with one attached hydrogen (secondary N) is 1. The van der Waals surface area contributed by atoms with Crippen molar-refractivity contribution in [1.29, 1.82) is 5.26 Å². The maximum atomic E-state index is 12.3. The van der Waals surface area contributed by atoms with Gasteiger partial charge in [0.1, 0.15) is 5.75 Å². The zero-order chi connectivity index (χ0) is 15.9. The van der Waals surface area contributed by atoms with E-state index in [4.69, 9.17) is 10.00 Å². The maximum absolute atomic E-state index is 12.3. The Bertz CT molecular complexity index is 670. The fraction of sp³-hybridized carbons (Fsp3) is 0.222. The monoisotopic (exact) mass is 294 g/mol. The van der Waals surface area contributed by atoms with E-state index in [9.17, 15) is 4.79 Å². The van der Waals surface area contributed by atoms with Crippen LogP contribution in [0.2, 0.25) is 0 Å². The summed E-state index contributed by atoms with van der Waals surface area (Å²) in [4.78, 5) is 12.3. The quantitative estimate of drug-likeness (QED) is 0.915. The van der Waals surface area contributed by atoms with Crippen molar-refractivity contribution in [3.8, 4) is 11.8 Å². The van der Waals surface area contributed by atoms with Crippen molar-refractivity contribution in [2.75, 3.05) is 5.32 Å². The molecule has 0 aliphatic heterocycles. The Kier molecular flexibility index (Phi) is 5.16. The number of rotatable bonds is 5. The molecule has 1 atom stereocenters. The molecule has 0 fully saturated rings. The number of hydrogen-bond donors (Lipinski definition) is 1. The van der Waals surface area contributed by atoms with Crippen molar-refractivity contribution in [2.24, 2.45) is 0 Å². The lowest BCUT2D eigenvalue weighted by Gasteiger charge is -2.17. The number of anilines is 1. The highest BCUT2D eigenvalue weighted by Gasteiger charge is 2.18. The molecule has 0 bridgehead atoms. The molecule has 0 heterocycles. The molecule has 0 spiro atoms. The summed E-state index contributed by atoms with van der Waals surface area (Å²) in [7, 11) is 0. The van der Waals surface area contributed by atoms with Gasteiger partial charge in [0.25, 0.3) is 5.91 Å². The van der Waals surface area contributed by atoms with Crippen molar-refractivity contribution in [3.63, 3.8) is 0 Å². The standard InChI is InChI=1S/C18H18N2O2/c1-3-17(22-16-10-4-13(2)5-11-16)18(21)20-15-8-6-14(12-19)7-9-15/h4-11,17H,3H2,1-2H3,(H,20,21). The molecule has 0 aliphatic rings. The summed E-state index contributed by atoms with van der Waals surface area (Å²) in [6.07, 6.45) is 0.00838. The number of nitriles is 1. The number of hydrogen-bond acceptors (Lipinski definition) is 3. The second kappa shape index (κ2) is 7.28. The Morgan fingerprint density at radius 1 is 1.18 bits per heavy atom. The van der Waals surface area contributed by atoms with E-state index in [0.29, 0.717) is 23.4 Å². The number of benzene rings is 2. The fourth-order valence-electron chi connectivity index (χ4n) is 1.95. The third-order valence-electron chi connectivity index (χ3n) is 3.24. The van der Waals surface area contributed by atoms with Crippen LogP contribution in [0.3, 0.4) is 0 Å². The average molecular weight is 294 g/mol. The van der Waals surface area contributed by atoms with Crippen LogP contribution in [-0.4, -0.2) is 12.0 Å². The molecule has 2 rings (SSSR count). The summed E-state index contributed by atoms with van der Waals surface area (Å²) < 4.78 is 5.73. The van der Waals surface area contributed by atoms with Gasteiger partial charge in [-0.2, -0.15) is 5.26 Å². The van der Waals surface area contributed by atoms with Gasteiger partial charge in [-0.15, -0.1) is 0 Å². The number of aryl methyl sites for hydroxylation is 1. The average Bonchev–Trinajstić information content (AvgIpc) is 2.55. The third kappa shape index (κ3) is 4.10. The first-order chi connectivity index (χ1) is 10.6. The van der Waals surface area contributed by atoms with Gasteiger partial charge >= 0.3 is 0 Å². The van der Waals surface area contributed by atoms with Gasteiger partial charge in [0.2, 0.25) is 0 Å². The van der Waals surface area contributed by atoms with Gasteiger partial charge in [0.05, 0.1) is 11.6 Å². The molecule has 0 saturated carbocycles. The largest absolute Gasteiger partial charge is 0.481 e. The fourth-order valence-corrected chi connectivity index (χ4v) is 1.95. The van der Waals surface area contributed by atoms with E-state index >= 15 is 0 Å². The van der Waals surface area contributed by atoms with E-state index in [1.54, 1.807) is 24.3 Å². The van der Waals surface area contributed by atoms with Crippen molar-refractivity contribution >= 4 is 11.6 Å². The van der Waals surface area contributed by atoms with Gasteiger partial charge in [-0.1, -0.05) is 24.6 Å². The zero-order valence-electron chi connectivity index (χ0n) is 12.7. The lowest BCUT2D eigenvalue weighted by Crippen LogP contribution is -2.32. The van der Waals surface area contributed by atoms with Crippen LogP contribution in [0.5, 0.6) is 5.75 Å². The molecule has 22 heavy (non-hydrogen) atoms. The molecule has 112 valence electrons. The zero-order valence-corrected chi connectivity index (χ0v) is 12.7. The first kappa shape index (κ1) is 15.6. The van der Waals surface area contributed by atoms with Gasteiger partial charge in [0, 0.05) is 5.69 Å². The van der Waals surface area contributed by atoms with Crippen molar-refractivity contribution in [1.82, 2.24) is 0 Å². The molecule has 1 unspecified atom stereocenters. The predicted octanol–water partition coefficient (Wildman–Crippen LogP) is 3.66. The number of carbonyl (C=O) groups excluding carboxylic acids is 1. The van der Waals surface area contributed by atoms with E-state index in [1.807, 2.05) is 44.2 Å². The molecule has 4 nitrogen and oxygen atoms in total. The summed E-state index contributed by atoms with van der Waals surface area (Å²) in [5, 5.41) is 11.6. The topological polar surface area (TPSA) is 62.1 Å². The summed E-state index contributed by atoms with van der Waals surface area (Å²) in [6.45, 7) is 3.90. The Balaban J connectivity index is 2.01. The summed E-state index contributed by atoms with van der Waals surface area (Å²) in [5.41, 5.74) is 2.35. The molecule has 2 aromatic rings. The molecule has 0 aromatic heterocycles. The number of carbonyl (C=O) groups is 1. The highest BCUT2D eigenvalue weighted by molar-refractivity contribution is 5.94. The predicted molar refractivity (Wildman–Crippen MR) is 85.7 cm³/mol. The van der Waals surface area contributed by atoms with Crippen LogP contribution >= 0.6 is 0 Å². The normalized spacial score (nSPS) is 11.3. The molecular weight excluding hydrogens is 276 g/mol. The lowest BCUT2D eigenvalue weighted by molar-refractivity contribution is -0.122. The van der Waals surface area contributed by atoms with Crippen LogP contribution in [0.4, 0.5) is 5.69 Å². The summed E-state index contributed by atoms with van der Waals surface area (Å²) >= 11 is 0. The number of amides is 1. The van der Waals surface area contributed by atoms with E-state index < -0.39 is 6.10 Å². The Labute approximate surface area is 130 Å². The molecule has 1 amide bonds. The Morgan fingerprint density at radius 2 is 1.82 bits per heavy atom. The van der Waals surface area contributed by atoms with Crippen molar-refractivity contribution < 1.29 is 9.53 Å². The lowest BCUT2D eigenvalue weighted by atomic mass is 10.2. The van der Waals surface area contributed by atoms with Crippen molar-refractivity contribution in [2.45, 2.75) is 26.4 Å². The van der Waals surface area contributed by atoms with Gasteiger partial charge in [0.15, 0.2) is 6.10 Å². The van der Waals surface area contributed by atoms with Crippen LogP contribution in [-0.2, 0) is 4.79 Å². The molecule has 4 heteroatoms. The second-order valence-electron chi connectivity index (χ2n) is 5.01. The SMILES string of the molecule is CCC(Oc1ccc(C)cc1)C(=O)Nc1ccc(C#N)cc1. The first-order valence-corrected chi connectivity index (χ1v) is 7.16. The van der Waals surface area contributed by atoms with E-state index in [-0.39, 0.29) is 5.91 Å². The third-order valence-corrected chi connectivity index (χ3v) is 3.24. The van der Waals surface area contributed by atoms with Crippen LogP contribution < -0.4 is 10.1 Å². The number of nitrogens with zero attached hydrogens (tertiary/aromatic N) is 1. The first-order valence-electron chi connectivity index (χ1n) is 7.16. The van der Waals surface area contributed by atoms with E-state index in [0.717, 1.165) is 5.56 Å². The highest BCUT2D eigenvalue weighted by Crippen LogP contribution is 2.16. The molecule has 0 saturated heterocycles. The minimum Gasteiger partial charge on any atom is -0.481 e. The summed E-state index contributed by atoms with van der Waals surface area (Å²) in [6, 6.07) is 16.4. The van der Waals surface area contributed by atoms with Gasteiger partial charge < -0.3 is 10.1 Å². The Hall–Kier alpha value is -2.80. The molecule has 1 N–H and O–H groups in total. The van der Waals surface area contributed by atoms with Crippen LogP contribution in [0.25, 0.3) is 0 Å². The second-order valence-corrected chi connectivity index (χ2v) is 5.01.